The van der Waals surface area contributed by atoms with Crippen LogP contribution in [0.5, 0.6) is 0 Å². The van der Waals surface area contributed by atoms with Gasteiger partial charge in [-0.25, -0.2) is 0 Å². The van der Waals surface area contributed by atoms with E-state index in [0.29, 0.717) is 24.9 Å². The maximum absolute atomic E-state index is 12.2. The van der Waals surface area contributed by atoms with E-state index in [1.54, 1.807) is 0 Å². The highest BCUT2D eigenvalue weighted by Gasteiger charge is 2.28. The van der Waals surface area contributed by atoms with Gasteiger partial charge in [0.2, 0.25) is 5.91 Å². The number of carbonyl (C=O) groups excluding carboxylic acids is 2. The second kappa shape index (κ2) is 11.2. The number of Topliss-reactive ketones (excluding diaryl/α,β-unsaturated/α-hetero) is 1. The van der Waals surface area contributed by atoms with E-state index in [9.17, 15) is 9.59 Å². The molecule has 0 aromatic rings. The lowest BCUT2D eigenvalue weighted by molar-refractivity contribution is -0.127. The van der Waals surface area contributed by atoms with E-state index in [4.69, 9.17) is 9.47 Å². The largest absolute Gasteiger partial charge is 0.378 e. The van der Waals surface area contributed by atoms with Crippen molar-refractivity contribution in [1.82, 2.24) is 5.32 Å². The van der Waals surface area contributed by atoms with Crippen molar-refractivity contribution in [3.05, 3.63) is 0 Å². The lowest BCUT2D eigenvalue weighted by Gasteiger charge is -2.30. The Balaban J connectivity index is 1.55. The monoisotopic (exact) mass is 381 g/mol. The summed E-state index contributed by atoms with van der Waals surface area (Å²) in [4.78, 5) is 24.3. The zero-order chi connectivity index (χ0) is 19.8. The van der Waals surface area contributed by atoms with Crippen LogP contribution in [0.15, 0.2) is 0 Å². The average molecular weight is 382 g/mol. The van der Waals surface area contributed by atoms with Crippen LogP contribution in [0.2, 0.25) is 0 Å². The normalized spacial score (nSPS) is 29.1. The van der Waals surface area contributed by atoms with Crippen molar-refractivity contribution in [1.29, 1.82) is 0 Å². The third-order valence-electron chi connectivity index (χ3n) is 5.83. The van der Waals surface area contributed by atoms with Gasteiger partial charge in [0.1, 0.15) is 5.78 Å². The molecule has 2 aliphatic rings. The van der Waals surface area contributed by atoms with Gasteiger partial charge in [-0.2, -0.15) is 0 Å². The molecular formula is C22H39NO4. The molecule has 2 aliphatic carbocycles. The number of ketones is 1. The fraction of sp³-hybridized carbons (Fsp3) is 0.909. The van der Waals surface area contributed by atoms with E-state index in [1.165, 1.54) is 0 Å². The topological polar surface area (TPSA) is 64.6 Å². The first kappa shape index (κ1) is 22.4. The minimum absolute atomic E-state index is 0.0745. The van der Waals surface area contributed by atoms with Crippen LogP contribution in [0.25, 0.3) is 0 Å². The maximum atomic E-state index is 12.2. The van der Waals surface area contributed by atoms with E-state index in [2.05, 4.69) is 19.2 Å². The maximum Gasteiger partial charge on any atom is 0.222 e. The summed E-state index contributed by atoms with van der Waals surface area (Å²) in [5.74, 6) is 0.758. The number of amides is 1. The van der Waals surface area contributed by atoms with Gasteiger partial charge in [0.15, 0.2) is 0 Å². The highest BCUT2D eigenvalue weighted by Crippen LogP contribution is 2.27. The molecule has 5 nitrogen and oxygen atoms in total. The van der Waals surface area contributed by atoms with Crippen molar-refractivity contribution < 1.29 is 19.1 Å². The molecule has 0 aliphatic heterocycles. The smallest absolute Gasteiger partial charge is 0.222 e. The van der Waals surface area contributed by atoms with Gasteiger partial charge < -0.3 is 14.8 Å². The standard InChI is InChI=1S/C22H39NO4/c1-15(2)22(25)17-5-7-18(8-6-17)23-21(24)13-14-26-19-9-11-20(12-10-19)27-16(3)4/h15-20H,5-14H2,1-4H3,(H,23,24)/t17-,18-,19-,20-. The van der Waals surface area contributed by atoms with Gasteiger partial charge in [0, 0.05) is 24.3 Å². The van der Waals surface area contributed by atoms with Gasteiger partial charge in [-0.3, -0.25) is 9.59 Å². The van der Waals surface area contributed by atoms with Crippen LogP contribution in [-0.2, 0) is 19.1 Å². The summed E-state index contributed by atoms with van der Waals surface area (Å²) in [6, 6.07) is 0.220. The lowest BCUT2D eigenvalue weighted by Crippen LogP contribution is -2.39. The molecule has 0 unspecified atom stereocenters. The minimum atomic E-state index is 0.0745. The summed E-state index contributed by atoms with van der Waals surface area (Å²) in [6.07, 6.45) is 9.11. The van der Waals surface area contributed by atoms with E-state index in [-0.39, 0.29) is 36.0 Å². The summed E-state index contributed by atoms with van der Waals surface area (Å²) in [7, 11) is 0. The van der Waals surface area contributed by atoms with Gasteiger partial charge in [0.25, 0.3) is 0 Å². The summed E-state index contributed by atoms with van der Waals surface area (Å²) in [5.41, 5.74) is 0. The Labute approximate surface area is 164 Å². The molecule has 0 saturated heterocycles. The molecule has 5 heteroatoms. The van der Waals surface area contributed by atoms with Crippen LogP contribution in [0.1, 0.15) is 85.5 Å². The predicted octanol–water partition coefficient (Wildman–Crippen LogP) is 4.03. The molecule has 1 N–H and O–H groups in total. The number of rotatable bonds is 9. The second-order valence-electron chi connectivity index (χ2n) is 8.88. The summed E-state index contributed by atoms with van der Waals surface area (Å²) in [6.45, 7) is 8.60. The van der Waals surface area contributed by atoms with Crippen molar-refractivity contribution in [2.45, 2.75) is 110 Å². The number of hydrogen-bond donors (Lipinski definition) is 1. The highest BCUT2D eigenvalue weighted by atomic mass is 16.5. The van der Waals surface area contributed by atoms with Crippen molar-refractivity contribution in [3.63, 3.8) is 0 Å². The van der Waals surface area contributed by atoms with Gasteiger partial charge in [-0.15, -0.1) is 0 Å². The zero-order valence-corrected chi connectivity index (χ0v) is 17.7. The van der Waals surface area contributed by atoms with E-state index < -0.39 is 0 Å². The Bertz CT molecular complexity index is 461. The molecule has 2 saturated carbocycles. The number of ether oxygens (including phenoxy) is 2. The summed E-state index contributed by atoms with van der Waals surface area (Å²) in [5, 5.41) is 3.12. The van der Waals surface area contributed by atoms with Gasteiger partial charge in [-0.1, -0.05) is 13.8 Å². The van der Waals surface area contributed by atoms with E-state index in [0.717, 1.165) is 51.4 Å². The molecule has 1 amide bonds. The third kappa shape index (κ3) is 7.90. The van der Waals surface area contributed by atoms with Crippen LogP contribution in [0.4, 0.5) is 0 Å². The number of carbonyl (C=O) groups is 2. The lowest BCUT2D eigenvalue weighted by atomic mass is 9.80. The molecule has 2 rings (SSSR count). The Kier molecular flexibility index (Phi) is 9.24. The molecule has 0 radical (unpaired) electrons. The Hall–Kier alpha value is -0.940. The quantitative estimate of drug-likeness (QED) is 0.655. The number of hydrogen-bond acceptors (Lipinski definition) is 4. The minimum Gasteiger partial charge on any atom is -0.378 e. The van der Waals surface area contributed by atoms with Crippen LogP contribution >= 0.6 is 0 Å². The molecule has 27 heavy (non-hydrogen) atoms. The fourth-order valence-corrected chi connectivity index (χ4v) is 4.33. The number of nitrogens with one attached hydrogen (secondary N) is 1. The Morgan fingerprint density at radius 2 is 1.48 bits per heavy atom. The van der Waals surface area contributed by atoms with Crippen molar-refractivity contribution in [2.24, 2.45) is 11.8 Å². The van der Waals surface area contributed by atoms with Gasteiger partial charge >= 0.3 is 0 Å². The first-order chi connectivity index (χ1) is 12.8. The van der Waals surface area contributed by atoms with Crippen molar-refractivity contribution in [2.75, 3.05) is 6.61 Å². The first-order valence-electron chi connectivity index (χ1n) is 10.9. The van der Waals surface area contributed by atoms with E-state index in [1.807, 2.05) is 13.8 Å². The molecule has 156 valence electrons. The van der Waals surface area contributed by atoms with Crippen LogP contribution in [0.3, 0.4) is 0 Å². The predicted molar refractivity (Wildman–Crippen MR) is 107 cm³/mol. The van der Waals surface area contributed by atoms with Gasteiger partial charge in [0.05, 0.1) is 24.9 Å². The SMILES string of the molecule is CC(C)O[C@H]1CC[C@H](OCCC(=O)N[C@H]2CC[C@H](C(=O)C(C)C)CC2)CC1. The highest BCUT2D eigenvalue weighted by molar-refractivity contribution is 5.83. The Morgan fingerprint density at radius 1 is 0.889 bits per heavy atom. The van der Waals surface area contributed by atoms with Crippen LogP contribution < -0.4 is 5.32 Å². The first-order valence-corrected chi connectivity index (χ1v) is 10.9. The van der Waals surface area contributed by atoms with Crippen LogP contribution in [-0.4, -0.2) is 42.7 Å². The average Bonchev–Trinajstić information content (AvgIpc) is 2.62. The molecule has 2 fully saturated rings. The molecule has 0 heterocycles. The summed E-state index contributed by atoms with van der Waals surface area (Å²) < 4.78 is 11.8. The molecule has 0 atom stereocenters. The summed E-state index contributed by atoms with van der Waals surface area (Å²) >= 11 is 0. The molecular weight excluding hydrogens is 342 g/mol. The van der Waals surface area contributed by atoms with E-state index >= 15 is 0 Å². The second-order valence-corrected chi connectivity index (χ2v) is 8.88. The zero-order valence-electron chi connectivity index (χ0n) is 17.7. The third-order valence-corrected chi connectivity index (χ3v) is 5.83. The fourth-order valence-electron chi connectivity index (χ4n) is 4.33. The molecule has 0 aromatic heterocycles. The van der Waals surface area contributed by atoms with Crippen molar-refractivity contribution >= 4 is 11.7 Å². The van der Waals surface area contributed by atoms with Crippen LogP contribution in [0, 0.1) is 11.8 Å². The van der Waals surface area contributed by atoms with Crippen molar-refractivity contribution in [3.8, 4) is 0 Å². The Morgan fingerprint density at radius 3 is 2.04 bits per heavy atom. The molecule has 0 aromatic carbocycles. The molecule has 0 spiro atoms. The molecule has 0 bridgehead atoms. The van der Waals surface area contributed by atoms with Gasteiger partial charge in [-0.05, 0) is 65.2 Å².